The molecular formula is C12H16N4O2S. The third-order valence-electron chi connectivity index (χ3n) is 2.49. The van der Waals surface area contributed by atoms with Crippen LogP contribution in [0, 0.1) is 0 Å². The number of H-pyrrole nitrogens is 1. The second-order valence-corrected chi connectivity index (χ2v) is 5.73. The van der Waals surface area contributed by atoms with Gasteiger partial charge in [-0.25, -0.2) is 8.42 Å². The maximum Gasteiger partial charge on any atom is 0.261 e. The summed E-state index contributed by atoms with van der Waals surface area (Å²) in [5, 5.41) is 9.42. The minimum atomic E-state index is -3.56. The zero-order valence-corrected chi connectivity index (χ0v) is 11.4. The Kier molecular flexibility index (Phi) is 4.06. The maximum absolute atomic E-state index is 12.1. The van der Waals surface area contributed by atoms with Crippen molar-refractivity contribution in [3.8, 4) is 0 Å². The van der Waals surface area contributed by atoms with Crippen molar-refractivity contribution in [1.29, 1.82) is 0 Å². The highest BCUT2D eigenvalue weighted by Gasteiger charge is 2.14. The van der Waals surface area contributed by atoms with Gasteiger partial charge in [0.25, 0.3) is 10.0 Å². The molecule has 0 atom stereocenters. The lowest BCUT2D eigenvalue weighted by atomic mass is 10.3. The molecule has 3 N–H and O–H groups in total. The highest BCUT2D eigenvalue weighted by atomic mass is 32.2. The van der Waals surface area contributed by atoms with Gasteiger partial charge in [-0.2, -0.15) is 5.10 Å². The molecule has 0 fully saturated rings. The summed E-state index contributed by atoms with van der Waals surface area (Å²) >= 11 is 0. The number of benzene rings is 1. The first-order chi connectivity index (χ1) is 9.12. The van der Waals surface area contributed by atoms with Crippen LogP contribution in [0.3, 0.4) is 0 Å². The molecule has 6 nitrogen and oxygen atoms in total. The van der Waals surface area contributed by atoms with Gasteiger partial charge >= 0.3 is 0 Å². The van der Waals surface area contributed by atoms with Crippen LogP contribution in [-0.2, 0) is 10.0 Å². The monoisotopic (exact) mass is 280 g/mol. The van der Waals surface area contributed by atoms with Crippen LogP contribution in [-0.4, -0.2) is 25.2 Å². The first-order valence-corrected chi connectivity index (χ1v) is 7.45. The first-order valence-electron chi connectivity index (χ1n) is 5.97. The van der Waals surface area contributed by atoms with E-state index in [0.29, 0.717) is 5.69 Å². The number of hydrogen-bond acceptors (Lipinski definition) is 4. The van der Waals surface area contributed by atoms with Gasteiger partial charge in [-0.3, -0.25) is 9.82 Å². The summed E-state index contributed by atoms with van der Waals surface area (Å²) in [4.78, 5) is 0.218. The molecule has 0 unspecified atom stereocenters. The molecule has 19 heavy (non-hydrogen) atoms. The number of rotatable bonds is 6. The van der Waals surface area contributed by atoms with E-state index in [1.165, 1.54) is 12.4 Å². The Morgan fingerprint density at radius 2 is 1.95 bits per heavy atom. The smallest absolute Gasteiger partial charge is 0.261 e. The lowest BCUT2D eigenvalue weighted by Crippen LogP contribution is -2.12. The molecule has 0 saturated heterocycles. The van der Waals surface area contributed by atoms with Crippen LogP contribution in [0.4, 0.5) is 11.4 Å². The molecule has 1 aromatic heterocycles. The minimum Gasteiger partial charge on any atom is -0.385 e. The van der Waals surface area contributed by atoms with Crippen molar-refractivity contribution in [2.24, 2.45) is 0 Å². The Bertz CT molecular complexity index is 606. The number of sulfonamides is 1. The molecule has 1 aromatic carbocycles. The van der Waals surface area contributed by atoms with Crippen molar-refractivity contribution in [3.63, 3.8) is 0 Å². The van der Waals surface area contributed by atoms with E-state index in [0.717, 1.165) is 18.7 Å². The largest absolute Gasteiger partial charge is 0.385 e. The average molecular weight is 280 g/mol. The highest BCUT2D eigenvalue weighted by molar-refractivity contribution is 7.92. The zero-order chi connectivity index (χ0) is 13.7. The fraction of sp³-hybridized carbons (Fsp3) is 0.250. The lowest BCUT2D eigenvalue weighted by Gasteiger charge is -2.08. The SMILES string of the molecule is CCCNc1ccc(S(=O)(=O)Nc2cn[nH]c2)cc1. The van der Waals surface area contributed by atoms with Crippen LogP contribution in [0.1, 0.15) is 13.3 Å². The number of aromatic amines is 1. The van der Waals surface area contributed by atoms with Gasteiger partial charge in [0.05, 0.1) is 16.8 Å². The van der Waals surface area contributed by atoms with Gasteiger partial charge in [0.1, 0.15) is 0 Å². The van der Waals surface area contributed by atoms with E-state index < -0.39 is 10.0 Å². The molecule has 0 bridgehead atoms. The quantitative estimate of drug-likeness (QED) is 0.755. The van der Waals surface area contributed by atoms with Crippen LogP contribution in [0.5, 0.6) is 0 Å². The number of anilines is 2. The standard InChI is InChI=1S/C12H16N4O2S/c1-2-7-13-10-3-5-12(6-4-10)19(17,18)16-11-8-14-15-9-11/h3-6,8-9,13,16H,2,7H2,1H3,(H,14,15). The van der Waals surface area contributed by atoms with Gasteiger partial charge in [0, 0.05) is 18.4 Å². The fourth-order valence-electron chi connectivity index (χ4n) is 1.54. The van der Waals surface area contributed by atoms with Crippen molar-refractivity contribution >= 4 is 21.4 Å². The van der Waals surface area contributed by atoms with Crippen molar-refractivity contribution < 1.29 is 8.42 Å². The molecule has 0 amide bonds. The Morgan fingerprint density at radius 3 is 2.53 bits per heavy atom. The summed E-state index contributed by atoms with van der Waals surface area (Å²) < 4.78 is 26.5. The van der Waals surface area contributed by atoms with Gasteiger partial charge < -0.3 is 5.32 Å². The molecule has 0 spiro atoms. The Morgan fingerprint density at radius 1 is 1.21 bits per heavy atom. The van der Waals surface area contributed by atoms with Crippen molar-refractivity contribution in [3.05, 3.63) is 36.7 Å². The molecule has 0 aliphatic heterocycles. The maximum atomic E-state index is 12.1. The predicted octanol–water partition coefficient (Wildman–Crippen LogP) is 2.03. The van der Waals surface area contributed by atoms with Gasteiger partial charge in [-0.15, -0.1) is 0 Å². The second-order valence-electron chi connectivity index (χ2n) is 4.04. The number of hydrogen-bond donors (Lipinski definition) is 3. The number of nitrogens with one attached hydrogen (secondary N) is 3. The summed E-state index contributed by atoms with van der Waals surface area (Å²) in [6, 6.07) is 6.64. The lowest BCUT2D eigenvalue weighted by molar-refractivity contribution is 0.601. The third kappa shape index (κ3) is 3.47. The molecule has 2 aromatic rings. The molecule has 0 saturated carbocycles. The summed E-state index contributed by atoms with van der Waals surface area (Å²) in [6.07, 6.45) is 3.91. The van der Waals surface area contributed by atoms with E-state index in [1.54, 1.807) is 24.3 Å². The molecule has 1 heterocycles. The van der Waals surface area contributed by atoms with E-state index >= 15 is 0 Å². The first kappa shape index (κ1) is 13.4. The molecule has 0 radical (unpaired) electrons. The van der Waals surface area contributed by atoms with E-state index in [4.69, 9.17) is 0 Å². The summed E-state index contributed by atoms with van der Waals surface area (Å²) in [7, 11) is -3.56. The van der Waals surface area contributed by atoms with Gasteiger partial charge in [-0.05, 0) is 30.7 Å². The normalized spacial score (nSPS) is 11.2. The highest BCUT2D eigenvalue weighted by Crippen LogP contribution is 2.17. The number of aromatic nitrogens is 2. The minimum absolute atomic E-state index is 0.218. The Balaban J connectivity index is 2.12. The van der Waals surface area contributed by atoms with E-state index in [-0.39, 0.29) is 4.90 Å². The van der Waals surface area contributed by atoms with Crippen LogP contribution in [0.25, 0.3) is 0 Å². The van der Waals surface area contributed by atoms with Crippen LogP contribution in [0.2, 0.25) is 0 Å². The van der Waals surface area contributed by atoms with Crippen molar-refractivity contribution in [2.45, 2.75) is 18.2 Å². The topological polar surface area (TPSA) is 86.9 Å². The van der Waals surface area contributed by atoms with Gasteiger partial charge in [0.15, 0.2) is 0 Å². The van der Waals surface area contributed by atoms with Crippen molar-refractivity contribution in [2.75, 3.05) is 16.6 Å². The molecule has 0 aliphatic carbocycles. The van der Waals surface area contributed by atoms with Gasteiger partial charge in [0.2, 0.25) is 0 Å². The summed E-state index contributed by atoms with van der Waals surface area (Å²) in [5.41, 5.74) is 1.32. The Hall–Kier alpha value is -2.02. The zero-order valence-electron chi connectivity index (χ0n) is 10.6. The molecular weight excluding hydrogens is 264 g/mol. The van der Waals surface area contributed by atoms with Crippen LogP contribution in [0.15, 0.2) is 41.6 Å². The van der Waals surface area contributed by atoms with E-state index in [1.807, 2.05) is 0 Å². The number of nitrogens with zero attached hydrogens (tertiary/aromatic N) is 1. The predicted molar refractivity (Wildman–Crippen MR) is 74.6 cm³/mol. The third-order valence-corrected chi connectivity index (χ3v) is 3.89. The second kappa shape index (κ2) is 5.75. The molecule has 0 aliphatic rings. The Labute approximate surface area is 112 Å². The summed E-state index contributed by atoms with van der Waals surface area (Å²) in [6.45, 7) is 2.93. The van der Waals surface area contributed by atoms with E-state index in [2.05, 4.69) is 27.2 Å². The molecule has 7 heteroatoms. The summed E-state index contributed by atoms with van der Waals surface area (Å²) in [5.74, 6) is 0. The van der Waals surface area contributed by atoms with Crippen molar-refractivity contribution in [1.82, 2.24) is 10.2 Å². The van der Waals surface area contributed by atoms with E-state index in [9.17, 15) is 8.42 Å². The average Bonchev–Trinajstić information content (AvgIpc) is 2.89. The van der Waals surface area contributed by atoms with Crippen LogP contribution >= 0.6 is 0 Å². The van der Waals surface area contributed by atoms with Gasteiger partial charge in [-0.1, -0.05) is 6.92 Å². The molecule has 2 rings (SSSR count). The fourth-order valence-corrected chi connectivity index (χ4v) is 2.58. The van der Waals surface area contributed by atoms with Crippen LogP contribution < -0.4 is 10.0 Å². The molecule has 102 valence electrons.